The van der Waals surface area contributed by atoms with Crippen molar-refractivity contribution in [3.05, 3.63) is 76.5 Å². The molecular formula is C22H23N3O5S3. The van der Waals surface area contributed by atoms with Crippen LogP contribution in [0.4, 0.5) is 5.69 Å². The molecule has 1 aliphatic heterocycles. The lowest BCUT2D eigenvalue weighted by Gasteiger charge is -2.22. The minimum atomic E-state index is -3.97. The molecule has 0 bridgehead atoms. The highest BCUT2D eigenvalue weighted by Gasteiger charge is 2.38. The van der Waals surface area contributed by atoms with Crippen molar-refractivity contribution in [2.24, 2.45) is 5.10 Å². The predicted octanol–water partition coefficient (Wildman–Crippen LogP) is 4.06. The molecule has 0 saturated carbocycles. The average molecular weight is 506 g/mol. The van der Waals surface area contributed by atoms with E-state index >= 15 is 0 Å². The standard InChI is InChI=1S/C22H23N3O5S3/c1-3-32(26,27)24-19-8-5-4-7-18(19)20-15-21(22-9-6-14-31-22)25(23-20)33(28,29)17-12-10-16(30-2)11-13-17/h4-14,21,24H,3,15H2,1-2H3. The van der Waals surface area contributed by atoms with Crippen LogP contribution in [0.2, 0.25) is 0 Å². The van der Waals surface area contributed by atoms with Crippen LogP contribution in [0.25, 0.3) is 0 Å². The molecule has 1 aliphatic rings. The molecule has 0 amide bonds. The van der Waals surface area contributed by atoms with Crippen LogP contribution in [-0.4, -0.2) is 39.8 Å². The fourth-order valence-corrected chi connectivity index (χ4v) is 6.45. The number of hydrogen-bond donors (Lipinski definition) is 1. The third kappa shape index (κ3) is 4.75. The number of para-hydroxylation sites is 1. The van der Waals surface area contributed by atoms with Gasteiger partial charge in [-0.2, -0.15) is 17.9 Å². The lowest BCUT2D eigenvalue weighted by atomic mass is 10.0. The molecule has 1 unspecified atom stereocenters. The van der Waals surface area contributed by atoms with Gasteiger partial charge in [-0.1, -0.05) is 24.3 Å². The van der Waals surface area contributed by atoms with E-state index in [4.69, 9.17) is 4.74 Å². The topological polar surface area (TPSA) is 105 Å². The molecule has 4 rings (SSSR count). The Morgan fingerprint density at radius 2 is 1.79 bits per heavy atom. The van der Waals surface area contributed by atoms with Gasteiger partial charge in [0.2, 0.25) is 10.0 Å². The van der Waals surface area contributed by atoms with Crippen molar-refractivity contribution in [2.75, 3.05) is 17.6 Å². The van der Waals surface area contributed by atoms with Gasteiger partial charge >= 0.3 is 0 Å². The number of thiophene rings is 1. The van der Waals surface area contributed by atoms with Gasteiger partial charge in [-0.05, 0) is 48.7 Å². The van der Waals surface area contributed by atoms with Crippen LogP contribution in [-0.2, 0) is 20.0 Å². The second kappa shape index (κ2) is 9.16. The highest BCUT2D eigenvalue weighted by Crippen LogP contribution is 2.40. The van der Waals surface area contributed by atoms with Crippen molar-refractivity contribution in [3.8, 4) is 5.75 Å². The molecule has 0 saturated heterocycles. The first-order valence-corrected chi connectivity index (χ1v) is 14.1. The summed E-state index contributed by atoms with van der Waals surface area (Å²) in [5.74, 6) is 0.468. The Hall–Kier alpha value is -2.89. The van der Waals surface area contributed by atoms with Gasteiger partial charge in [-0.15, -0.1) is 11.3 Å². The Morgan fingerprint density at radius 1 is 1.06 bits per heavy atom. The van der Waals surface area contributed by atoms with Gasteiger partial charge in [0, 0.05) is 16.9 Å². The maximum atomic E-state index is 13.5. The third-order valence-electron chi connectivity index (χ3n) is 5.23. The summed E-state index contributed by atoms with van der Waals surface area (Å²) in [4.78, 5) is 0.937. The predicted molar refractivity (Wildman–Crippen MR) is 130 cm³/mol. The van der Waals surface area contributed by atoms with E-state index in [1.165, 1.54) is 30.6 Å². The number of anilines is 1. The number of hydrazone groups is 1. The van der Waals surface area contributed by atoms with Gasteiger partial charge in [0.05, 0.1) is 29.2 Å². The van der Waals surface area contributed by atoms with Crippen LogP contribution in [0.15, 0.2) is 76.0 Å². The molecular weight excluding hydrogens is 482 g/mol. The number of rotatable bonds is 8. The van der Waals surface area contributed by atoms with Gasteiger partial charge in [0.25, 0.3) is 10.0 Å². The first-order valence-electron chi connectivity index (χ1n) is 10.1. The van der Waals surface area contributed by atoms with E-state index in [9.17, 15) is 16.8 Å². The Balaban J connectivity index is 1.78. The molecule has 1 aromatic heterocycles. The number of hydrogen-bond acceptors (Lipinski definition) is 7. The van der Waals surface area contributed by atoms with Crippen LogP contribution < -0.4 is 9.46 Å². The Labute approximate surface area is 197 Å². The van der Waals surface area contributed by atoms with E-state index in [0.717, 1.165) is 9.29 Å². The summed E-state index contributed by atoms with van der Waals surface area (Å²) in [7, 11) is -5.98. The lowest BCUT2D eigenvalue weighted by Crippen LogP contribution is -2.26. The molecule has 2 aromatic carbocycles. The number of nitrogens with one attached hydrogen (secondary N) is 1. The molecule has 33 heavy (non-hydrogen) atoms. The third-order valence-corrected chi connectivity index (χ3v) is 9.19. The van der Waals surface area contributed by atoms with E-state index in [1.807, 2.05) is 17.5 Å². The first kappa shape index (κ1) is 23.3. The molecule has 0 radical (unpaired) electrons. The number of nitrogens with zero attached hydrogens (tertiary/aromatic N) is 2. The first-order chi connectivity index (χ1) is 15.7. The second-order valence-corrected chi connectivity index (χ2v) is 12.1. The molecule has 174 valence electrons. The van der Waals surface area contributed by atoms with Crippen molar-refractivity contribution in [1.82, 2.24) is 4.41 Å². The maximum absolute atomic E-state index is 13.5. The van der Waals surface area contributed by atoms with Crippen LogP contribution in [0.1, 0.15) is 29.8 Å². The summed E-state index contributed by atoms with van der Waals surface area (Å²) in [6, 6.07) is 16.2. The van der Waals surface area contributed by atoms with Gasteiger partial charge in [0.1, 0.15) is 11.8 Å². The van der Waals surface area contributed by atoms with Gasteiger partial charge < -0.3 is 4.74 Å². The normalized spacial score (nSPS) is 16.5. The van der Waals surface area contributed by atoms with E-state index < -0.39 is 26.1 Å². The van der Waals surface area contributed by atoms with Crippen LogP contribution in [0.3, 0.4) is 0 Å². The maximum Gasteiger partial charge on any atom is 0.279 e. The zero-order valence-electron chi connectivity index (χ0n) is 18.0. The summed E-state index contributed by atoms with van der Waals surface area (Å²) in [6.45, 7) is 1.55. The van der Waals surface area contributed by atoms with Crippen molar-refractivity contribution in [1.29, 1.82) is 0 Å². The summed E-state index contributed by atoms with van der Waals surface area (Å²) in [5, 5.41) is 6.39. The second-order valence-electron chi connectivity index (χ2n) is 7.29. The summed E-state index contributed by atoms with van der Waals surface area (Å²) >= 11 is 1.45. The summed E-state index contributed by atoms with van der Waals surface area (Å²) in [5.41, 5.74) is 1.40. The van der Waals surface area contributed by atoms with Crippen molar-refractivity contribution >= 4 is 42.8 Å². The van der Waals surface area contributed by atoms with E-state index in [0.29, 0.717) is 29.1 Å². The highest BCUT2D eigenvalue weighted by atomic mass is 32.2. The van der Waals surface area contributed by atoms with Crippen molar-refractivity contribution in [3.63, 3.8) is 0 Å². The van der Waals surface area contributed by atoms with Gasteiger partial charge in [-0.3, -0.25) is 4.72 Å². The Morgan fingerprint density at radius 3 is 2.42 bits per heavy atom. The molecule has 11 heteroatoms. The monoisotopic (exact) mass is 505 g/mol. The van der Waals surface area contributed by atoms with E-state index in [-0.39, 0.29) is 10.6 Å². The van der Waals surface area contributed by atoms with E-state index in [2.05, 4.69) is 9.82 Å². The minimum Gasteiger partial charge on any atom is -0.497 e. The Bertz CT molecular complexity index is 1370. The fraction of sp³-hybridized carbons (Fsp3) is 0.227. The molecule has 1 atom stereocenters. The summed E-state index contributed by atoms with van der Waals surface area (Å²) < 4.78 is 60.3. The van der Waals surface area contributed by atoms with Gasteiger partial charge in [-0.25, -0.2) is 8.42 Å². The van der Waals surface area contributed by atoms with Crippen molar-refractivity contribution < 1.29 is 21.6 Å². The van der Waals surface area contributed by atoms with Crippen LogP contribution >= 0.6 is 11.3 Å². The van der Waals surface area contributed by atoms with E-state index in [1.54, 1.807) is 43.3 Å². The zero-order chi connectivity index (χ0) is 23.6. The highest BCUT2D eigenvalue weighted by molar-refractivity contribution is 7.92. The van der Waals surface area contributed by atoms with Crippen LogP contribution in [0.5, 0.6) is 5.75 Å². The number of methoxy groups -OCH3 is 1. The fourth-order valence-electron chi connectivity index (χ4n) is 3.49. The lowest BCUT2D eigenvalue weighted by molar-refractivity contribution is 0.375. The smallest absolute Gasteiger partial charge is 0.279 e. The number of ether oxygens (including phenoxy) is 1. The molecule has 3 aromatic rings. The minimum absolute atomic E-state index is 0.0798. The molecule has 0 aliphatic carbocycles. The molecule has 8 nitrogen and oxygen atoms in total. The zero-order valence-corrected chi connectivity index (χ0v) is 20.5. The molecule has 0 spiro atoms. The Kier molecular flexibility index (Phi) is 6.46. The number of benzene rings is 2. The number of sulfonamides is 2. The molecule has 0 fully saturated rings. The largest absolute Gasteiger partial charge is 0.497 e. The van der Waals surface area contributed by atoms with Crippen LogP contribution in [0, 0.1) is 0 Å². The quantitative estimate of drug-likeness (QED) is 0.497. The summed E-state index contributed by atoms with van der Waals surface area (Å²) in [6.07, 6.45) is 0.306. The van der Waals surface area contributed by atoms with Crippen molar-refractivity contribution in [2.45, 2.75) is 24.3 Å². The molecule has 2 heterocycles. The molecule has 1 N–H and O–H groups in total. The average Bonchev–Trinajstić information content (AvgIpc) is 3.49. The SMILES string of the molecule is CCS(=O)(=O)Nc1ccccc1C1=NN(S(=O)(=O)c2ccc(OC)cc2)C(c2cccs2)C1. The van der Waals surface area contributed by atoms with Gasteiger partial charge in [0.15, 0.2) is 0 Å².